The second-order valence-corrected chi connectivity index (χ2v) is 7.98. The Labute approximate surface area is 161 Å². The van der Waals surface area contributed by atoms with Crippen molar-refractivity contribution in [3.8, 4) is 5.69 Å². The number of thiophene rings is 1. The second-order valence-electron chi connectivity index (χ2n) is 6.95. The minimum atomic E-state index is -0.288. The average Bonchev–Trinajstić information content (AvgIpc) is 3.22. The Balaban J connectivity index is 1.70. The standard InChI is InChI=1S/C19H22FN5OS/c1-12-16-9-17(18(26)24-8-7-23(2)11-15(24)10-21)27-19(16)25(22-12)14-5-3-13(20)4-6-14/h3-6,9,15H,7-8,10-11,21H2,1-2H3/t15-/m0/s1. The summed E-state index contributed by atoms with van der Waals surface area (Å²) in [5.74, 6) is -0.270. The first-order valence-electron chi connectivity index (χ1n) is 8.92. The summed E-state index contributed by atoms with van der Waals surface area (Å²) < 4.78 is 15.0. The van der Waals surface area contributed by atoms with E-state index in [1.54, 1.807) is 16.8 Å². The Kier molecular flexibility index (Phi) is 4.71. The van der Waals surface area contributed by atoms with Gasteiger partial charge in [0.1, 0.15) is 10.6 Å². The van der Waals surface area contributed by atoms with E-state index in [0.29, 0.717) is 18.0 Å². The van der Waals surface area contributed by atoms with Crippen LogP contribution in [-0.4, -0.2) is 64.8 Å². The quantitative estimate of drug-likeness (QED) is 0.749. The summed E-state index contributed by atoms with van der Waals surface area (Å²) in [5, 5.41) is 5.51. The molecule has 1 atom stereocenters. The number of nitrogens with zero attached hydrogens (tertiary/aromatic N) is 4. The maximum absolute atomic E-state index is 13.2. The Hall–Kier alpha value is -2.29. The zero-order chi connectivity index (χ0) is 19.1. The molecule has 2 aromatic heterocycles. The lowest BCUT2D eigenvalue weighted by atomic mass is 10.1. The van der Waals surface area contributed by atoms with Crippen molar-refractivity contribution < 1.29 is 9.18 Å². The number of carbonyl (C=O) groups excluding carboxylic acids is 1. The molecule has 0 bridgehead atoms. The number of hydrogen-bond donors (Lipinski definition) is 1. The van der Waals surface area contributed by atoms with E-state index >= 15 is 0 Å². The molecule has 0 radical (unpaired) electrons. The first-order chi connectivity index (χ1) is 13.0. The Morgan fingerprint density at radius 3 is 2.78 bits per heavy atom. The SMILES string of the molecule is Cc1nn(-c2ccc(F)cc2)c2sc(C(=O)N3CCN(C)C[C@@H]3CN)cc12. The van der Waals surface area contributed by atoms with Crippen LogP contribution in [0.2, 0.25) is 0 Å². The molecule has 1 aliphatic rings. The van der Waals surface area contributed by atoms with Crippen LogP contribution in [0.15, 0.2) is 30.3 Å². The third-order valence-corrected chi connectivity index (χ3v) is 6.14. The molecule has 0 unspecified atom stereocenters. The topological polar surface area (TPSA) is 67.4 Å². The third kappa shape index (κ3) is 3.24. The molecule has 8 heteroatoms. The van der Waals surface area contributed by atoms with E-state index in [-0.39, 0.29) is 17.8 Å². The van der Waals surface area contributed by atoms with Crippen LogP contribution < -0.4 is 5.73 Å². The predicted octanol–water partition coefficient (Wildman–Crippen LogP) is 2.25. The summed E-state index contributed by atoms with van der Waals surface area (Å²) in [6, 6.07) is 8.13. The van der Waals surface area contributed by atoms with E-state index in [2.05, 4.69) is 10.00 Å². The number of piperazine rings is 1. The van der Waals surface area contributed by atoms with Crippen LogP contribution in [0, 0.1) is 12.7 Å². The fourth-order valence-electron chi connectivity index (χ4n) is 3.53. The van der Waals surface area contributed by atoms with E-state index in [9.17, 15) is 9.18 Å². The van der Waals surface area contributed by atoms with E-state index in [4.69, 9.17) is 5.73 Å². The summed E-state index contributed by atoms with van der Waals surface area (Å²) in [7, 11) is 2.05. The number of aryl methyl sites for hydroxylation is 1. The summed E-state index contributed by atoms with van der Waals surface area (Å²) in [4.78, 5) is 18.8. The maximum Gasteiger partial charge on any atom is 0.264 e. The van der Waals surface area contributed by atoms with Crippen LogP contribution in [0.5, 0.6) is 0 Å². The number of carbonyl (C=O) groups is 1. The van der Waals surface area contributed by atoms with Gasteiger partial charge in [0, 0.05) is 31.6 Å². The first kappa shape index (κ1) is 18.1. The number of benzene rings is 1. The number of rotatable bonds is 3. The first-order valence-corrected chi connectivity index (χ1v) is 9.74. The smallest absolute Gasteiger partial charge is 0.264 e. The number of likely N-dealkylation sites (N-methyl/N-ethyl adjacent to an activating group) is 1. The zero-order valence-electron chi connectivity index (χ0n) is 15.4. The van der Waals surface area contributed by atoms with Gasteiger partial charge in [0.05, 0.1) is 22.3 Å². The van der Waals surface area contributed by atoms with Gasteiger partial charge in [0.25, 0.3) is 5.91 Å². The molecule has 0 aliphatic carbocycles. The maximum atomic E-state index is 13.2. The van der Waals surface area contributed by atoms with Crippen LogP contribution >= 0.6 is 11.3 Å². The molecule has 6 nitrogen and oxygen atoms in total. The van der Waals surface area contributed by atoms with Crippen molar-refractivity contribution in [3.63, 3.8) is 0 Å². The van der Waals surface area contributed by atoms with Gasteiger partial charge in [-0.1, -0.05) is 0 Å². The fourth-order valence-corrected chi connectivity index (χ4v) is 4.67. The molecule has 3 aromatic rings. The minimum Gasteiger partial charge on any atom is -0.331 e. The van der Waals surface area contributed by atoms with Gasteiger partial charge in [-0.3, -0.25) is 4.79 Å². The van der Waals surface area contributed by atoms with Gasteiger partial charge in [-0.25, -0.2) is 9.07 Å². The molecule has 4 rings (SSSR count). The van der Waals surface area contributed by atoms with Crippen LogP contribution in [0.4, 0.5) is 4.39 Å². The van der Waals surface area contributed by atoms with Gasteiger partial charge in [0.15, 0.2) is 0 Å². The molecular weight excluding hydrogens is 365 g/mol. The van der Waals surface area contributed by atoms with Gasteiger partial charge in [0.2, 0.25) is 0 Å². The van der Waals surface area contributed by atoms with Gasteiger partial charge in [-0.05, 0) is 44.3 Å². The van der Waals surface area contributed by atoms with Crippen molar-refractivity contribution in [3.05, 3.63) is 46.7 Å². The largest absolute Gasteiger partial charge is 0.331 e. The fraction of sp³-hybridized carbons (Fsp3) is 0.368. The van der Waals surface area contributed by atoms with E-state index in [0.717, 1.165) is 34.7 Å². The Morgan fingerprint density at radius 2 is 2.07 bits per heavy atom. The summed E-state index contributed by atoms with van der Waals surface area (Å²) in [6.07, 6.45) is 0. The molecule has 0 spiro atoms. The van der Waals surface area contributed by atoms with Gasteiger partial charge in [-0.15, -0.1) is 11.3 Å². The van der Waals surface area contributed by atoms with E-state index < -0.39 is 0 Å². The van der Waals surface area contributed by atoms with Gasteiger partial charge in [-0.2, -0.15) is 5.10 Å². The van der Waals surface area contributed by atoms with Crippen molar-refractivity contribution in [2.45, 2.75) is 13.0 Å². The Bertz CT molecular complexity index is 980. The number of fused-ring (bicyclic) bond motifs is 1. The van der Waals surface area contributed by atoms with Crippen LogP contribution in [-0.2, 0) is 0 Å². The van der Waals surface area contributed by atoms with Crippen molar-refractivity contribution in [1.82, 2.24) is 19.6 Å². The average molecular weight is 387 g/mol. The van der Waals surface area contributed by atoms with Crippen LogP contribution in [0.25, 0.3) is 15.9 Å². The van der Waals surface area contributed by atoms with E-state index in [1.807, 2.05) is 24.9 Å². The van der Waals surface area contributed by atoms with Crippen molar-refractivity contribution in [2.75, 3.05) is 33.2 Å². The molecule has 1 fully saturated rings. The van der Waals surface area contributed by atoms with Crippen molar-refractivity contribution in [2.24, 2.45) is 5.73 Å². The number of halogens is 1. The molecule has 0 saturated carbocycles. The third-order valence-electron chi connectivity index (χ3n) is 5.05. The molecule has 142 valence electrons. The highest BCUT2D eigenvalue weighted by atomic mass is 32.1. The monoisotopic (exact) mass is 387 g/mol. The van der Waals surface area contributed by atoms with Gasteiger partial charge >= 0.3 is 0 Å². The van der Waals surface area contributed by atoms with Crippen LogP contribution in [0.1, 0.15) is 15.4 Å². The van der Waals surface area contributed by atoms with Crippen molar-refractivity contribution in [1.29, 1.82) is 0 Å². The minimum absolute atomic E-state index is 0.0183. The summed E-state index contributed by atoms with van der Waals surface area (Å²) in [5.41, 5.74) is 7.52. The zero-order valence-corrected chi connectivity index (χ0v) is 16.2. The highest BCUT2D eigenvalue weighted by Crippen LogP contribution is 2.31. The molecule has 1 amide bonds. The number of amides is 1. The lowest BCUT2D eigenvalue weighted by Gasteiger charge is -2.39. The van der Waals surface area contributed by atoms with E-state index in [1.165, 1.54) is 23.5 Å². The van der Waals surface area contributed by atoms with Gasteiger partial charge < -0.3 is 15.5 Å². The highest BCUT2D eigenvalue weighted by Gasteiger charge is 2.30. The molecule has 1 saturated heterocycles. The second kappa shape index (κ2) is 7.03. The Morgan fingerprint density at radius 1 is 1.33 bits per heavy atom. The lowest BCUT2D eigenvalue weighted by Crippen LogP contribution is -2.56. The molecule has 3 heterocycles. The molecular formula is C19H22FN5OS. The predicted molar refractivity (Wildman–Crippen MR) is 105 cm³/mol. The normalized spacial score (nSPS) is 18.4. The molecule has 27 heavy (non-hydrogen) atoms. The van der Waals surface area contributed by atoms with Crippen LogP contribution in [0.3, 0.4) is 0 Å². The highest BCUT2D eigenvalue weighted by molar-refractivity contribution is 7.20. The van der Waals surface area contributed by atoms with Crippen molar-refractivity contribution >= 4 is 27.5 Å². The number of hydrogen-bond acceptors (Lipinski definition) is 5. The molecule has 1 aliphatic heterocycles. The summed E-state index contributed by atoms with van der Waals surface area (Å²) >= 11 is 1.42. The molecule has 2 N–H and O–H groups in total. The lowest BCUT2D eigenvalue weighted by molar-refractivity contribution is 0.0521. The number of aromatic nitrogens is 2. The molecule has 1 aromatic carbocycles. The number of nitrogens with two attached hydrogens (primary N) is 1. The summed E-state index contributed by atoms with van der Waals surface area (Å²) in [6.45, 7) is 4.67.